The van der Waals surface area contributed by atoms with Crippen LogP contribution >= 0.6 is 0 Å². The third-order valence-corrected chi connectivity index (χ3v) is 4.49. The molecule has 62 valence electrons. The largest absolute Gasteiger partial charge is 0.393 e. The Labute approximate surface area is 67.8 Å². The third kappa shape index (κ3) is 0.618. The Morgan fingerprint density at radius 2 is 1.55 bits per heavy atom. The first-order valence-electron chi connectivity index (χ1n) is 4.95. The zero-order chi connectivity index (χ0) is 7.53. The van der Waals surface area contributed by atoms with Gasteiger partial charge in [0, 0.05) is 0 Å². The maximum Gasteiger partial charge on any atom is 0.0551 e. The highest BCUT2D eigenvalue weighted by molar-refractivity contribution is 5.21. The Hall–Kier alpha value is -0.0400. The predicted octanol–water partition coefficient (Wildman–Crippen LogP) is 2.09. The molecule has 11 heavy (non-hydrogen) atoms. The SMILES string of the molecule is OC1CC23CCCCC2(C1)C3. The molecule has 0 aliphatic heterocycles. The molecule has 1 nitrogen and oxygen atoms in total. The van der Waals surface area contributed by atoms with Crippen LogP contribution in [-0.4, -0.2) is 11.2 Å². The van der Waals surface area contributed by atoms with E-state index in [1.807, 2.05) is 0 Å². The molecule has 1 N–H and O–H groups in total. The zero-order valence-electron chi connectivity index (χ0n) is 6.97. The summed E-state index contributed by atoms with van der Waals surface area (Å²) in [5.41, 5.74) is 1.31. The molecule has 0 aromatic carbocycles. The van der Waals surface area contributed by atoms with Gasteiger partial charge in [-0.3, -0.25) is 0 Å². The van der Waals surface area contributed by atoms with Gasteiger partial charge in [0.15, 0.2) is 0 Å². The van der Waals surface area contributed by atoms with Gasteiger partial charge in [0.05, 0.1) is 6.10 Å². The lowest BCUT2D eigenvalue weighted by Gasteiger charge is -2.23. The van der Waals surface area contributed by atoms with Crippen LogP contribution in [0.15, 0.2) is 0 Å². The Kier molecular flexibility index (Phi) is 0.976. The maximum absolute atomic E-state index is 9.55. The Bertz CT molecular complexity index is 173. The average Bonchev–Trinajstić information content (AvgIpc) is 2.47. The van der Waals surface area contributed by atoms with Gasteiger partial charge >= 0.3 is 0 Å². The Morgan fingerprint density at radius 1 is 1.00 bits per heavy atom. The fourth-order valence-electron chi connectivity index (χ4n) is 3.99. The Balaban J connectivity index is 1.92. The fraction of sp³-hybridized carbons (Fsp3) is 1.00. The minimum atomic E-state index is 0.0573. The van der Waals surface area contributed by atoms with Gasteiger partial charge < -0.3 is 5.11 Å². The molecule has 0 aromatic rings. The van der Waals surface area contributed by atoms with Crippen LogP contribution in [0.2, 0.25) is 0 Å². The molecule has 3 aliphatic carbocycles. The molecule has 0 aromatic heterocycles. The van der Waals surface area contributed by atoms with Crippen molar-refractivity contribution < 1.29 is 5.11 Å². The van der Waals surface area contributed by atoms with Crippen LogP contribution in [0.5, 0.6) is 0 Å². The molecule has 3 rings (SSSR count). The molecule has 1 heteroatoms. The van der Waals surface area contributed by atoms with Crippen LogP contribution in [0.4, 0.5) is 0 Å². The highest BCUT2D eigenvalue weighted by Gasteiger charge is 2.71. The van der Waals surface area contributed by atoms with Crippen molar-refractivity contribution in [3.05, 3.63) is 0 Å². The summed E-state index contributed by atoms with van der Waals surface area (Å²) in [6, 6.07) is 0. The van der Waals surface area contributed by atoms with E-state index < -0.39 is 0 Å². The number of aliphatic hydroxyl groups is 1. The molecule has 0 spiro atoms. The number of aliphatic hydroxyl groups excluding tert-OH is 1. The van der Waals surface area contributed by atoms with Crippen LogP contribution in [0.3, 0.4) is 0 Å². The zero-order valence-corrected chi connectivity index (χ0v) is 6.97. The second-order valence-electron chi connectivity index (χ2n) is 5.01. The summed E-state index contributed by atoms with van der Waals surface area (Å²) in [4.78, 5) is 0. The van der Waals surface area contributed by atoms with Gasteiger partial charge in [0.1, 0.15) is 0 Å². The van der Waals surface area contributed by atoms with Crippen LogP contribution < -0.4 is 0 Å². The van der Waals surface area contributed by atoms with Gasteiger partial charge in [0.25, 0.3) is 0 Å². The van der Waals surface area contributed by atoms with Gasteiger partial charge in [-0.15, -0.1) is 0 Å². The monoisotopic (exact) mass is 152 g/mol. The summed E-state index contributed by atoms with van der Waals surface area (Å²) in [5, 5.41) is 9.55. The van der Waals surface area contributed by atoms with E-state index in [-0.39, 0.29) is 6.10 Å². The fourth-order valence-corrected chi connectivity index (χ4v) is 3.99. The molecule has 0 heterocycles. The average molecular weight is 152 g/mol. The minimum absolute atomic E-state index is 0.0573. The van der Waals surface area contributed by atoms with E-state index in [0.717, 1.165) is 12.8 Å². The predicted molar refractivity (Wildman–Crippen MR) is 43.2 cm³/mol. The molecular formula is C10H16O. The summed E-state index contributed by atoms with van der Waals surface area (Å²) in [6.45, 7) is 0. The van der Waals surface area contributed by atoms with Crippen LogP contribution in [0.1, 0.15) is 44.9 Å². The first-order valence-corrected chi connectivity index (χ1v) is 4.95. The second kappa shape index (κ2) is 1.66. The smallest absolute Gasteiger partial charge is 0.0551 e. The summed E-state index contributed by atoms with van der Waals surface area (Å²) in [7, 11) is 0. The van der Waals surface area contributed by atoms with Crippen molar-refractivity contribution in [3.8, 4) is 0 Å². The van der Waals surface area contributed by atoms with Gasteiger partial charge in [-0.1, -0.05) is 12.8 Å². The molecule has 3 saturated carbocycles. The normalized spacial score (nSPS) is 60.3. The van der Waals surface area contributed by atoms with Gasteiger partial charge in [-0.2, -0.15) is 0 Å². The van der Waals surface area contributed by atoms with E-state index in [1.165, 1.54) is 32.1 Å². The van der Waals surface area contributed by atoms with E-state index in [0.29, 0.717) is 10.8 Å². The molecule has 3 fully saturated rings. The lowest BCUT2D eigenvalue weighted by Crippen LogP contribution is -2.12. The molecule has 2 atom stereocenters. The van der Waals surface area contributed by atoms with Crippen LogP contribution in [-0.2, 0) is 0 Å². The van der Waals surface area contributed by atoms with Gasteiger partial charge in [0.2, 0.25) is 0 Å². The molecule has 0 radical (unpaired) electrons. The summed E-state index contributed by atoms with van der Waals surface area (Å²) in [5.74, 6) is 0. The molecule has 2 unspecified atom stereocenters. The van der Waals surface area contributed by atoms with Crippen molar-refractivity contribution in [3.63, 3.8) is 0 Å². The van der Waals surface area contributed by atoms with E-state index in [1.54, 1.807) is 0 Å². The maximum atomic E-state index is 9.55. The lowest BCUT2D eigenvalue weighted by molar-refractivity contribution is 0.153. The van der Waals surface area contributed by atoms with Crippen molar-refractivity contribution >= 4 is 0 Å². The first-order chi connectivity index (χ1) is 5.27. The lowest BCUT2D eigenvalue weighted by atomic mass is 9.82. The molecule has 0 bridgehead atoms. The van der Waals surface area contributed by atoms with E-state index in [2.05, 4.69) is 0 Å². The number of hydrogen-bond donors (Lipinski definition) is 1. The summed E-state index contributed by atoms with van der Waals surface area (Å²) in [6.07, 6.45) is 9.47. The van der Waals surface area contributed by atoms with Crippen molar-refractivity contribution in [1.29, 1.82) is 0 Å². The number of rotatable bonds is 0. The standard InChI is InChI=1S/C10H16O/c11-8-5-9-3-1-2-4-10(9,6-8)7-9/h8,11H,1-7H2. The van der Waals surface area contributed by atoms with E-state index >= 15 is 0 Å². The molecule has 3 aliphatic rings. The molecule has 0 amide bonds. The number of hydrogen-bond acceptors (Lipinski definition) is 1. The van der Waals surface area contributed by atoms with Crippen LogP contribution in [0, 0.1) is 10.8 Å². The van der Waals surface area contributed by atoms with Crippen molar-refractivity contribution in [2.24, 2.45) is 10.8 Å². The molecule has 0 saturated heterocycles. The highest BCUT2D eigenvalue weighted by Crippen LogP contribution is 2.79. The Morgan fingerprint density at radius 3 is 2.09 bits per heavy atom. The van der Waals surface area contributed by atoms with E-state index in [4.69, 9.17) is 0 Å². The highest BCUT2D eigenvalue weighted by atomic mass is 16.3. The topological polar surface area (TPSA) is 20.2 Å². The minimum Gasteiger partial charge on any atom is -0.393 e. The van der Waals surface area contributed by atoms with Crippen molar-refractivity contribution in [2.75, 3.05) is 0 Å². The van der Waals surface area contributed by atoms with Gasteiger partial charge in [-0.25, -0.2) is 0 Å². The quantitative estimate of drug-likeness (QED) is 0.563. The van der Waals surface area contributed by atoms with E-state index in [9.17, 15) is 5.11 Å². The van der Waals surface area contributed by atoms with Crippen molar-refractivity contribution in [1.82, 2.24) is 0 Å². The summed E-state index contributed by atoms with van der Waals surface area (Å²) >= 11 is 0. The van der Waals surface area contributed by atoms with Crippen molar-refractivity contribution in [2.45, 2.75) is 51.0 Å². The third-order valence-electron chi connectivity index (χ3n) is 4.49. The summed E-state index contributed by atoms with van der Waals surface area (Å²) < 4.78 is 0. The first kappa shape index (κ1) is 6.47. The van der Waals surface area contributed by atoms with Gasteiger partial charge in [-0.05, 0) is 42.9 Å². The second-order valence-corrected chi connectivity index (χ2v) is 5.01. The van der Waals surface area contributed by atoms with Crippen LogP contribution in [0.25, 0.3) is 0 Å². The molecular weight excluding hydrogens is 136 g/mol.